The largest absolute Gasteiger partial charge is 3.00 e. The van der Waals surface area contributed by atoms with Crippen LogP contribution in [0.3, 0.4) is 0 Å². The summed E-state index contributed by atoms with van der Waals surface area (Å²) < 4.78 is 0. The van der Waals surface area contributed by atoms with E-state index in [2.05, 4.69) is 132 Å². The summed E-state index contributed by atoms with van der Waals surface area (Å²) in [6.07, 6.45) is 10.0. The van der Waals surface area contributed by atoms with Crippen molar-refractivity contribution < 1.29 is 131 Å². The molecule has 0 rings (SSSR count). The Balaban J connectivity index is -0.0000000145. The van der Waals surface area contributed by atoms with E-state index in [1.54, 1.807) is 6.92 Å². The summed E-state index contributed by atoms with van der Waals surface area (Å²) in [6, 6.07) is 0. The molecule has 0 aromatic carbocycles. The second kappa shape index (κ2) is 145. The normalized spacial score (nSPS) is 6.93. The predicted molar refractivity (Wildman–Crippen MR) is 211 cm³/mol. The summed E-state index contributed by atoms with van der Waals surface area (Å²) in [5.74, 6) is 8.50. The van der Waals surface area contributed by atoms with Crippen molar-refractivity contribution in [3.8, 4) is 0 Å². The number of hydrogen-bond acceptors (Lipinski definition) is 0. The van der Waals surface area contributed by atoms with Crippen LogP contribution in [0.5, 0.6) is 0 Å². The predicted octanol–water partition coefficient (Wildman–Crippen LogP) is 16.7. The van der Waals surface area contributed by atoms with Gasteiger partial charge in [-0.2, -0.15) is 201 Å². The zero-order chi connectivity index (χ0) is 37.0. The number of rotatable bonds is 0. The molecule has 0 saturated heterocycles. The SMILES string of the molecule is C[C-](C)C.C[C-](C)C.C[C-](C)C.C[C-](C)C.C[C-](C)C.C[C-](C)C.C[CH-]C.C[CH-]C.C[CH-]C.C[CH-]C.C[CH-]C.[CH2-]C.[Y+3].[Y+3].[Y+3].[Y+3]. The Bertz CT molecular complexity index is 141. The van der Waals surface area contributed by atoms with Crippen LogP contribution in [-0.2, 0) is 131 Å². The van der Waals surface area contributed by atoms with E-state index in [9.17, 15) is 0 Å². The molecule has 4 heteroatoms. The van der Waals surface area contributed by atoms with E-state index in [4.69, 9.17) is 0 Å². The molecule has 0 aliphatic rings. The second-order valence-corrected chi connectivity index (χ2v) is 11.9. The molecule has 0 aliphatic carbocycles. The van der Waals surface area contributed by atoms with Crippen molar-refractivity contribution in [3.63, 3.8) is 0 Å². The quantitative estimate of drug-likeness (QED) is 0.212. The maximum Gasteiger partial charge on any atom is 3.00 e. The molecule has 0 heterocycles. The first-order valence-electron chi connectivity index (χ1n) is 15.5. The first-order valence-corrected chi connectivity index (χ1v) is 15.5. The van der Waals surface area contributed by atoms with E-state index in [1.165, 1.54) is 35.5 Å². The third-order valence-corrected chi connectivity index (χ3v) is 0. The average Bonchev–Trinajstić information content (AvgIpc) is 2.69. The molecular weight excluding hydrogens is 848 g/mol. The average molecular weight is 943 g/mol. The van der Waals surface area contributed by atoms with Crippen molar-refractivity contribution in [2.75, 3.05) is 0 Å². The summed E-state index contributed by atoms with van der Waals surface area (Å²) in [5.41, 5.74) is 0. The zero-order valence-corrected chi connectivity index (χ0v) is 49.3. The standard InChI is InChI=1S/6C4H9.5C3H7.C2H5.4Y/c6*1-4(2)3;5*1-3-2;1-2;;;;/h6*1-3H3;5*3H,1-2H3;1H2,2H3;;;;/q12*-1;4*+3. The van der Waals surface area contributed by atoms with Crippen molar-refractivity contribution >= 4 is 0 Å². The molecule has 0 radical (unpaired) electrons. The van der Waals surface area contributed by atoms with Crippen LogP contribution in [0.2, 0.25) is 0 Å². The zero-order valence-electron chi connectivity index (χ0n) is 37.9. The molecule has 270 valence electrons. The molecule has 0 saturated carbocycles. The Hall–Kier alpha value is 4.42. The van der Waals surface area contributed by atoms with E-state index in [0.717, 1.165) is 0 Å². The van der Waals surface area contributed by atoms with Gasteiger partial charge in [0.05, 0.1) is 0 Å². The van der Waals surface area contributed by atoms with Gasteiger partial charge in [0.1, 0.15) is 0 Å². The third kappa shape index (κ3) is 5350. The molecule has 45 heavy (non-hydrogen) atoms. The number of hydrogen-bond donors (Lipinski definition) is 0. The monoisotopic (exact) mass is 942 g/mol. The van der Waals surface area contributed by atoms with E-state index in [1.807, 2.05) is 101 Å². The summed E-state index contributed by atoms with van der Waals surface area (Å²) in [7, 11) is 0. The smallest absolute Gasteiger partial charge is 0.346 e. The van der Waals surface area contributed by atoms with Crippen LogP contribution in [0.15, 0.2) is 0 Å². The van der Waals surface area contributed by atoms with Gasteiger partial charge >= 0.3 is 131 Å². The van der Waals surface area contributed by atoms with Crippen LogP contribution >= 0.6 is 0 Å². The van der Waals surface area contributed by atoms with Crippen molar-refractivity contribution in [3.05, 3.63) is 74.5 Å². The maximum atomic E-state index is 3.25. The molecule has 0 bridgehead atoms. The Morgan fingerprint density at radius 3 is 0.222 bits per heavy atom. The topological polar surface area (TPSA) is 0 Å². The van der Waals surface area contributed by atoms with E-state index in [0.29, 0.717) is 0 Å². The second-order valence-electron chi connectivity index (χ2n) is 11.9. The van der Waals surface area contributed by atoms with Gasteiger partial charge in [-0.1, -0.05) is 0 Å². The summed E-state index contributed by atoms with van der Waals surface area (Å²) in [4.78, 5) is 0. The van der Waals surface area contributed by atoms with E-state index < -0.39 is 0 Å². The van der Waals surface area contributed by atoms with Gasteiger partial charge in [0.25, 0.3) is 0 Å². The van der Waals surface area contributed by atoms with Crippen LogP contribution in [0, 0.1) is 74.5 Å². The molecule has 0 atom stereocenters. The molecule has 0 amide bonds. The van der Waals surface area contributed by atoms with Crippen molar-refractivity contribution in [1.82, 2.24) is 0 Å². The van der Waals surface area contributed by atoms with Crippen molar-refractivity contribution in [1.29, 1.82) is 0 Å². The summed E-state index contributed by atoms with van der Waals surface area (Å²) in [6.45, 7) is 62.5. The molecule has 0 aromatic heterocycles. The van der Waals surface area contributed by atoms with Crippen molar-refractivity contribution in [2.45, 2.75) is 201 Å². The fraction of sp³-hybridized carbons (Fsp3) is 0.707. The maximum absolute atomic E-state index is 3.25. The Kier molecular flexibility index (Phi) is 334. The fourth-order valence-electron chi connectivity index (χ4n) is 0. The minimum atomic E-state index is 0. The minimum Gasteiger partial charge on any atom is -0.346 e. The van der Waals surface area contributed by atoms with Crippen LogP contribution in [-0.4, -0.2) is 0 Å². The van der Waals surface area contributed by atoms with Crippen LogP contribution in [0.25, 0.3) is 0 Å². The first-order chi connectivity index (χ1) is 18.5. The Morgan fingerprint density at radius 2 is 0.222 bits per heavy atom. The summed E-state index contributed by atoms with van der Waals surface area (Å²) >= 11 is 0. The van der Waals surface area contributed by atoms with Gasteiger partial charge in [-0.05, 0) is 0 Å². The van der Waals surface area contributed by atoms with Gasteiger partial charge in [-0.25, -0.2) is 0 Å². The Labute approximate surface area is 400 Å². The first kappa shape index (κ1) is 104. The van der Waals surface area contributed by atoms with Crippen molar-refractivity contribution in [2.24, 2.45) is 0 Å². The molecule has 0 unspecified atom stereocenters. The Morgan fingerprint density at radius 1 is 0.222 bits per heavy atom. The molecule has 0 nitrogen and oxygen atoms in total. The molecule has 0 fully saturated rings. The van der Waals surface area contributed by atoms with Gasteiger partial charge in [0.2, 0.25) is 0 Å². The molecule has 0 N–H and O–H groups in total. The summed E-state index contributed by atoms with van der Waals surface area (Å²) in [5, 5.41) is 0. The van der Waals surface area contributed by atoms with Crippen LogP contribution < -0.4 is 0 Å². The van der Waals surface area contributed by atoms with Crippen LogP contribution in [0.4, 0.5) is 0 Å². The van der Waals surface area contributed by atoms with Gasteiger partial charge in [-0.15, -0.1) is 0 Å². The van der Waals surface area contributed by atoms with Gasteiger partial charge in [-0.3, -0.25) is 0 Å². The van der Waals surface area contributed by atoms with Gasteiger partial charge in [0.15, 0.2) is 0 Å². The van der Waals surface area contributed by atoms with E-state index in [-0.39, 0.29) is 131 Å². The molecule has 0 aliphatic heterocycles. The molecule has 0 aromatic rings. The van der Waals surface area contributed by atoms with Crippen LogP contribution in [0.1, 0.15) is 201 Å². The van der Waals surface area contributed by atoms with Gasteiger partial charge in [0, 0.05) is 0 Å². The molecule has 0 spiro atoms. The molecular formula is C41H94Y4. The fourth-order valence-corrected chi connectivity index (χ4v) is 0. The van der Waals surface area contributed by atoms with Gasteiger partial charge < -0.3 is 74.5 Å². The third-order valence-electron chi connectivity index (χ3n) is 0. The minimum absolute atomic E-state index is 0. The van der Waals surface area contributed by atoms with E-state index >= 15 is 0 Å².